The summed E-state index contributed by atoms with van der Waals surface area (Å²) in [7, 11) is -1.45. The van der Waals surface area contributed by atoms with Crippen molar-refractivity contribution in [2.75, 3.05) is 30.5 Å². The summed E-state index contributed by atoms with van der Waals surface area (Å²) < 4.78 is 27.6. The van der Waals surface area contributed by atoms with Crippen LogP contribution in [-0.2, 0) is 9.84 Å². The molecule has 20 heavy (non-hydrogen) atoms. The van der Waals surface area contributed by atoms with Gasteiger partial charge in [0, 0.05) is 12.7 Å². The molecule has 2 heterocycles. The highest BCUT2D eigenvalue weighted by atomic mass is 32.2. The minimum Gasteiger partial charge on any atom is -0.480 e. The second-order valence-corrected chi connectivity index (χ2v) is 6.89. The van der Waals surface area contributed by atoms with Gasteiger partial charge < -0.3 is 15.4 Å². The summed E-state index contributed by atoms with van der Waals surface area (Å²) in [6.45, 7) is 0.341. The number of ether oxygens (including phenoxy) is 1. The van der Waals surface area contributed by atoms with Gasteiger partial charge in [-0.05, 0) is 24.5 Å². The van der Waals surface area contributed by atoms with Crippen molar-refractivity contribution in [2.45, 2.75) is 6.42 Å². The van der Waals surface area contributed by atoms with Crippen LogP contribution >= 0.6 is 0 Å². The van der Waals surface area contributed by atoms with Crippen LogP contribution in [0.4, 0.5) is 10.5 Å². The van der Waals surface area contributed by atoms with E-state index in [0.717, 1.165) is 0 Å². The van der Waals surface area contributed by atoms with Gasteiger partial charge in [0.2, 0.25) is 5.88 Å². The first-order chi connectivity index (χ1) is 9.50. The number of nitrogens with one attached hydrogen (secondary N) is 2. The van der Waals surface area contributed by atoms with Crippen LogP contribution in [-0.4, -0.2) is 44.6 Å². The quantitative estimate of drug-likeness (QED) is 0.850. The minimum absolute atomic E-state index is 0.0125. The molecule has 2 rings (SSSR count). The van der Waals surface area contributed by atoms with Crippen molar-refractivity contribution in [1.82, 2.24) is 10.3 Å². The molecule has 2 amide bonds. The van der Waals surface area contributed by atoms with Gasteiger partial charge in [-0.2, -0.15) is 0 Å². The van der Waals surface area contributed by atoms with Crippen LogP contribution in [0.25, 0.3) is 0 Å². The summed E-state index contributed by atoms with van der Waals surface area (Å²) in [5.41, 5.74) is 0.464. The van der Waals surface area contributed by atoms with Gasteiger partial charge in [-0.1, -0.05) is 0 Å². The number of urea groups is 1. The summed E-state index contributed by atoms with van der Waals surface area (Å²) in [6.07, 6.45) is 2.16. The molecule has 2 N–H and O–H groups in total. The van der Waals surface area contributed by atoms with E-state index in [0.29, 0.717) is 24.5 Å². The Labute approximate surface area is 117 Å². The Bertz CT molecular complexity index is 588. The maximum absolute atomic E-state index is 11.7. The minimum atomic E-state index is -2.91. The molecular formula is C12H17N3O4S. The van der Waals surface area contributed by atoms with Crippen molar-refractivity contribution in [3.8, 4) is 5.88 Å². The molecule has 0 bridgehead atoms. The van der Waals surface area contributed by atoms with Gasteiger partial charge in [-0.3, -0.25) is 0 Å². The van der Waals surface area contributed by atoms with E-state index in [2.05, 4.69) is 15.6 Å². The zero-order chi connectivity index (χ0) is 14.6. The Kier molecular flexibility index (Phi) is 4.43. The van der Waals surface area contributed by atoms with E-state index in [9.17, 15) is 13.2 Å². The Morgan fingerprint density at radius 1 is 1.55 bits per heavy atom. The van der Waals surface area contributed by atoms with Crippen molar-refractivity contribution in [2.24, 2.45) is 5.92 Å². The summed E-state index contributed by atoms with van der Waals surface area (Å²) in [6, 6.07) is 2.95. The summed E-state index contributed by atoms with van der Waals surface area (Å²) >= 11 is 0. The lowest BCUT2D eigenvalue weighted by atomic mass is 10.1. The van der Waals surface area contributed by atoms with Crippen molar-refractivity contribution in [3.63, 3.8) is 0 Å². The number of rotatable bonds is 4. The summed E-state index contributed by atoms with van der Waals surface area (Å²) in [5, 5.41) is 5.28. The van der Waals surface area contributed by atoms with Crippen molar-refractivity contribution in [3.05, 3.63) is 18.3 Å². The smallest absolute Gasteiger partial charge is 0.319 e. The van der Waals surface area contributed by atoms with E-state index in [1.165, 1.54) is 7.11 Å². The van der Waals surface area contributed by atoms with Crippen molar-refractivity contribution < 1.29 is 17.9 Å². The average molecular weight is 299 g/mol. The van der Waals surface area contributed by atoms with E-state index in [1.54, 1.807) is 18.3 Å². The molecule has 1 saturated heterocycles. The molecule has 0 aliphatic carbocycles. The van der Waals surface area contributed by atoms with Crippen LogP contribution in [0.2, 0.25) is 0 Å². The fourth-order valence-corrected chi connectivity index (χ4v) is 3.95. The normalized spacial score (nSPS) is 20.4. The molecule has 1 aromatic rings. The SMILES string of the molecule is COc1ncccc1NC(=O)NCC1CCS(=O)(=O)C1. The van der Waals surface area contributed by atoms with Crippen LogP contribution in [0, 0.1) is 5.92 Å². The third kappa shape index (κ3) is 3.83. The van der Waals surface area contributed by atoms with E-state index in [-0.39, 0.29) is 17.4 Å². The number of hydrogen-bond donors (Lipinski definition) is 2. The molecule has 0 saturated carbocycles. The first-order valence-electron chi connectivity index (χ1n) is 6.24. The molecular weight excluding hydrogens is 282 g/mol. The number of amides is 2. The molecule has 0 spiro atoms. The highest BCUT2D eigenvalue weighted by molar-refractivity contribution is 7.91. The molecule has 7 nitrogen and oxygen atoms in total. The molecule has 1 atom stereocenters. The predicted octanol–water partition coefficient (Wildman–Crippen LogP) is 0.646. The number of aromatic nitrogens is 1. The van der Waals surface area contributed by atoms with E-state index < -0.39 is 15.9 Å². The van der Waals surface area contributed by atoms with Crippen molar-refractivity contribution in [1.29, 1.82) is 0 Å². The fraction of sp³-hybridized carbons (Fsp3) is 0.500. The van der Waals surface area contributed by atoms with Crippen LogP contribution in [0.5, 0.6) is 5.88 Å². The molecule has 1 unspecified atom stereocenters. The zero-order valence-electron chi connectivity index (χ0n) is 11.1. The number of carbonyl (C=O) groups excluding carboxylic acids is 1. The molecule has 0 aromatic carbocycles. The lowest BCUT2D eigenvalue weighted by Gasteiger charge is -2.12. The summed E-state index contributed by atoms with van der Waals surface area (Å²) in [5.74, 6) is 0.661. The largest absolute Gasteiger partial charge is 0.480 e. The number of nitrogens with zero attached hydrogens (tertiary/aromatic N) is 1. The van der Waals surface area contributed by atoms with Gasteiger partial charge in [-0.25, -0.2) is 18.2 Å². The number of anilines is 1. The number of carbonyl (C=O) groups is 1. The van der Waals surface area contributed by atoms with Gasteiger partial charge in [0.15, 0.2) is 9.84 Å². The third-order valence-electron chi connectivity index (χ3n) is 3.09. The highest BCUT2D eigenvalue weighted by Gasteiger charge is 2.27. The predicted molar refractivity (Wildman–Crippen MR) is 74.6 cm³/mol. The zero-order valence-corrected chi connectivity index (χ0v) is 11.9. The Morgan fingerprint density at radius 2 is 2.35 bits per heavy atom. The maximum atomic E-state index is 11.7. The lowest BCUT2D eigenvalue weighted by Crippen LogP contribution is -2.33. The molecule has 1 aromatic heterocycles. The van der Waals surface area contributed by atoms with Gasteiger partial charge in [-0.15, -0.1) is 0 Å². The van der Waals surface area contributed by atoms with Gasteiger partial charge >= 0.3 is 6.03 Å². The first-order valence-corrected chi connectivity index (χ1v) is 8.06. The van der Waals surface area contributed by atoms with Crippen LogP contribution in [0.15, 0.2) is 18.3 Å². The number of sulfone groups is 1. The van der Waals surface area contributed by atoms with Crippen molar-refractivity contribution >= 4 is 21.6 Å². The van der Waals surface area contributed by atoms with E-state index >= 15 is 0 Å². The lowest BCUT2D eigenvalue weighted by molar-refractivity contribution is 0.250. The third-order valence-corrected chi connectivity index (χ3v) is 4.93. The van der Waals surface area contributed by atoms with Gasteiger partial charge in [0.25, 0.3) is 0 Å². The number of hydrogen-bond acceptors (Lipinski definition) is 5. The van der Waals surface area contributed by atoms with Crippen LogP contribution < -0.4 is 15.4 Å². The highest BCUT2D eigenvalue weighted by Crippen LogP contribution is 2.20. The number of pyridine rings is 1. The monoisotopic (exact) mass is 299 g/mol. The van der Waals surface area contributed by atoms with E-state index in [1.807, 2.05) is 0 Å². The number of methoxy groups -OCH3 is 1. The topological polar surface area (TPSA) is 97.4 Å². The molecule has 8 heteroatoms. The first kappa shape index (κ1) is 14.6. The molecule has 110 valence electrons. The second-order valence-electron chi connectivity index (χ2n) is 4.66. The standard InChI is InChI=1S/C12H17N3O4S/c1-19-11-10(3-2-5-13-11)15-12(16)14-7-9-4-6-20(17,18)8-9/h2-3,5,9H,4,6-8H2,1H3,(H2,14,15,16). The average Bonchev–Trinajstić information content (AvgIpc) is 2.77. The van der Waals surface area contributed by atoms with Crippen LogP contribution in [0.1, 0.15) is 6.42 Å². The van der Waals surface area contributed by atoms with Gasteiger partial charge in [0.1, 0.15) is 5.69 Å². The molecule has 0 radical (unpaired) electrons. The fourth-order valence-electron chi connectivity index (χ4n) is 2.09. The molecule has 1 aliphatic rings. The Hall–Kier alpha value is -1.83. The molecule has 1 fully saturated rings. The Morgan fingerprint density at radius 3 is 3.00 bits per heavy atom. The Balaban J connectivity index is 1.84. The maximum Gasteiger partial charge on any atom is 0.319 e. The molecule has 1 aliphatic heterocycles. The van der Waals surface area contributed by atoms with E-state index in [4.69, 9.17) is 4.74 Å². The second kappa shape index (κ2) is 6.08. The van der Waals surface area contributed by atoms with Crippen LogP contribution in [0.3, 0.4) is 0 Å². The van der Waals surface area contributed by atoms with Gasteiger partial charge in [0.05, 0.1) is 18.6 Å². The summed E-state index contributed by atoms with van der Waals surface area (Å²) in [4.78, 5) is 15.7.